The van der Waals surface area contributed by atoms with Gasteiger partial charge in [-0.05, 0) is 19.4 Å². The van der Waals surface area contributed by atoms with E-state index >= 15 is 0 Å². The molecule has 0 aliphatic rings. The summed E-state index contributed by atoms with van der Waals surface area (Å²) in [6.45, 7) is 0.849. The third-order valence-corrected chi connectivity index (χ3v) is 1.65. The zero-order chi connectivity index (χ0) is 6.24. The largest absolute Gasteiger partial charge is 0.330 e. The van der Waals surface area contributed by atoms with E-state index in [4.69, 9.17) is 5.73 Å². The van der Waals surface area contributed by atoms with Crippen molar-refractivity contribution in [1.29, 1.82) is 0 Å². The van der Waals surface area contributed by atoms with Crippen LogP contribution in [0.15, 0.2) is 0 Å². The molecule has 0 radical (unpaired) electrons. The number of hydrogen-bond donors (Lipinski definition) is 1. The van der Waals surface area contributed by atoms with Crippen molar-refractivity contribution < 1.29 is 0 Å². The summed E-state index contributed by atoms with van der Waals surface area (Å²) in [4.78, 5) is 0. The van der Waals surface area contributed by atoms with Crippen molar-refractivity contribution >= 4 is 15.9 Å². The minimum Gasteiger partial charge on any atom is -0.330 e. The third kappa shape index (κ3) is 6.44. The number of rotatable bonds is 5. The van der Waals surface area contributed by atoms with Crippen LogP contribution in [0.1, 0.15) is 25.7 Å². The molecule has 0 aliphatic heterocycles. The van der Waals surface area contributed by atoms with Crippen LogP contribution in [0.4, 0.5) is 0 Å². The molecule has 0 aliphatic carbocycles. The molecule has 2 heteroatoms. The average Bonchev–Trinajstić information content (AvgIpc) is 1.81. The van der Waals surface area contributed by atoms with E-state index in [1.54, 1.807) is 0 Å². The Kier molecular flexibility index (Phi) is 7.85. The van der Waals surface area contributed by atoms with Gasteiger partial charge in [0.05, 0.1) is 0 Å². The molecule has 8 heavy (non-hydrogen) atoms. The predicted molar refractivity (Wildman–Crippen MR) is 41.3 cm³/mol. The SMILES string of the molecule is NCCCCCCBr. The van der Waals surface area contributed by atoms with Crippen LogP contribution in [-0.2, 0) is 0 Å². The molecule has 0 fully saturated rings. The van der Waals surface area contributed by atoms with E-state index in [0.29, 0.717) is 0 Å². The number of nitrogens with two attached hydrogens (primary N) is 1. The Morgan fingerprint density at radius 1 is 1.00 bits per heavy atom. The van der Waals surface area contributed by atoms with Crippen molar-refractivity contribution in [3.8, 4) is 0 Å². The van der Waals surface area contributed by atoms with E-state index < -0.39 is 0 Å². The Hall–Kier alpha value is 0.440. The molecule has 0 spiro atoms. The molecule has 2 N–H and O–H groups in total. The highest BCUT2D eigenvalue weighted by molar-refractivity contribution is 9.09. The fourth-order valence-corrected chi connectivity index (χ4v) is 0.989. The zero-order valence-electron chi connectivity index (χ0n) is 5.20. The van der Waals surface area contributed by atoms with Gasteiger partial charge < -0.3 is 5.73 Å². The van der Waals surface area contributed by atoms with Gasteiger partial charge in [0.25, 0.3) is 0 Å². The maximum absolute atomic E-state index is 5.30. The third-order valence-electron chi connectivity index (χ3n) is 1.09. The molecule has 0 saturated heterocycles. The lowest BCUT2D eigenvalue weighted by Gasteiger charge is -1.93. The molecule has 0 aromatic rings. The highest BCUT2D eigenvalue weighted by Crippen LogP contribution is 1.99. The molecule has 0 bridgehead atoms. The van der Waals surface area contributed by atoms with Gasteiger partial charge in [-0.3, -0.25) is 0 Å². The Morgan fingerprint density at radius 2 is 1.62 bits per heavy atom. The number of alkyl halides is 1. The molecule has 50 valence electrons. The van der Waals surface area contributed by atoms with Crippen LogP contribution in [0.2, 0.25) is 0 Å². The zero-order valence-corrected chi connectivity index (χ0v) is 6.78. The van der Waals surface area contributed by atoms with E-state index in [-0.39, 0.29) is 0 Å². The Bertz CT molecular complexity index is 33.5. The molecule has 0 amide bonds. The highest BCUT2D eigenvalue weighted by atomic mass is 79.9. The van der Waals surface area contributed by atoms with Crippen LogP contribution in [0.5, 0.6) is 0 Å². The summed E-state index contributed by atoms with van der Waals surface area (Å²) in [5.74, 6) is 0. The lowest BCUT2D eigenvalue weighted by atomic mass is 10.2. The van der Waals surface area contributed by atoms with Crippen molar-refractivity contribution in [2.45, 2.75) is 25.7 Å². The quantitative estimate of drug-likeness (QED) is 0.507. The van der Waals surface area contributed by atoms with Gasteiger partial charge in [-0.15, -0.1) is 0 Å². The Morgan fingerprint density at radius 3 is 2.12 bits per heavy atom. The van der Waals surface area contributed by atoms with E-state index in [0.717, 1.165) is 11.9 Å². The molecule has 0 aromatic carbocycles. The van der Waals surface area contributed by atoms with Gasteiger partial charge in [0.15, 0.2) is 0 Å². The fraction of sp³-hybridized carbons (Fsp3) is 1.00. The van der Waals surface area contributed by atoms with Crippen LogP contribution in [0.25, 0.3) is 0 Å². The fourth-order valence-electron chi connectivity index (χ4n) is 0.592. The molecule has 0 unspecified atom stereocenters. The van der Waals surface area contributed by atoms with Crippen molar-refractivity contribution in [1.82, 2.24) is 0 Å². The maximum atomic E-state index is 5.30. The van der Waals surface area contributed by atoms with E-state index in [1.165, 1.54) is 25.7 Å². The lowest BCUT2D eigenvalue weighted by Crippen LogP contribution is -1.97. The second kappa shape index (κ2) is 7.44. The minimum absolute atomic E-state index is 0.849. The first-order chi connectivity index (χ1) is 3.91. The van der Waals surface area contributed by atoms with Crippen LogP contribution in [0, 0.1) is 0 Å². The van der Waals surface area contributed by atoms with Crippen LogP contribution in [0.3, 0.4) is 0 Å². The summed E-state index contributed by atoms with van der Waals surface area (Å²) >= 11 is 3.37. The minimum atomic E-state index is 0.849. The van der Waals surface area contributed by atoms with Crippen LogP contribution >= 0.6 is 15.9 Å². The summed E-state index contributed by atoms with van der Waals surface area (Å²) < 4.78 is 0. The van der Waals surface area contributed by atoms with Gasteiger partial charge in [0, 0.05) is 5.33 Å². The molecule has 0 heterocycles. The molecule has 0 rings (SSSR count). The first kappa shape index (κ1) is 8.44. The Labute approximate surface area is 59.8 Å². The van der Waals surface area contributed by atoms with Crippen molar-refractivity contribution in [3.05, 3.63) is 0 Å². The molecule has 1 nitrogen and oxygen atoms in total. The van der Waals surface area contributed by atoms with E-state index in [2.05, 4.69) is 15.9 Å². The summed E-state index contributed by atoms with van der Waals surface area (Å²) in [7, 11) is 0. The van der Waals surface area contributed by atoms with Crippen molar-refractivity contribution in [2.24, 2.45) is 5.73 Å². The molecular formula is C6H14BrN. The molecule has 0 aromatic heterocycles. The number of hydrogen-bond acceptors (Lipinski definition) is 1. The second-order valence-corrected chi connectivity index (χ2v) is 2.68. The lowest BCUT2D eigenvalue weighted by molar-refractivity contribution is 0.679. The topological polar surface area (TPSA) is 26.0 Å². The summed E-state index contributed by atoms with van der Waals surface area (Å²) in [5, 5.41) is 1.14. The standard InChI is InChI=1S/C6H14BrN/c7-5-3-1-2-4-6-8/h1-6,8H2. The monoisotopic (exact) mass is 179 g/mol. The highest BCUT2D eigenvalue weighted by Gasteiger charge is 1.84. The number of halogens is 1. The van der Waals surface area contributed by atoms with Gasteiger partial charge in [-0.25, -0.2) is 0 Å². The van der Waals surface area contributed by atoms with Gasteiger partial charge >= 0.3 is 0 Å². The maximum Gasteiger partial charge on any atom is 0.00313 e. The second-order valence-electron chi connectivity index (χ2n) is 1.89. The normalized spacial score (nSPS) is 9.75. The van der Waals surface area contributed by atoms with Gasteiger partial charge in [0.2, 0.25) is 0 Å². The first-order valence-electron chi connectivity index (χ1n) is 3.18. The average molecular weight is 180 g/mol. The van der Waals surface area contributed by atoms with Crippen LogP contribution < -0.4 is 5.73 Å². The van der Waals surface area contributed by atoms with Gasteiger partial charge in [-0.1, -0.05) is 28.8 Å². The molecule has 0 atom stereocenters. The summed E-state index contributed by atoms with van der Waals surface area (Å²) in [5.41, 5.74) is 5.30. The summed E-state index contributed by atoms with van der Waals surface area (Å²) in [6.07, 6.45) is 5.09. The number of unbranched alkanes of at least 4 members (excludes halogenated alkanes) is 3. The van der Waals surface area contributed by atoms with Crippen molar-refractivity contribution in [3.63, 3.8) is 0 Å². The predicted octanol–water partition coefficient (Wildman–Crippen LogP) is 1.90. The smallest absolute Gasteiger partial charge is 0.00313 e. The van der Waals surface area contributed by atoms with E-state index in [1.807, 2.05) is 0 Å². The van der Waals surface area contributed by atoms with E-state index in [9.17, 15) is 0 Å². The van der Waals surface area contributed by atoms with Gasteiger partial charge in [0.1, 0.15) is 0 Å². The summed E-state index contributed by atoms with van der Waals surface area (Å²) in [6, 6.07) is 0. The van der Waals surface area contributed by atoms with Crippen LogP contribution in [-0.4, -0.2) is 11.9 Å². The Balaban J connectivity index is 2.53. The molecular weight excluding hydrogens is 166 g/mol. The molecule has 0 saturated carbocycles. The van der Waals surface area contributed by atoms with Crippen molar-refractivity contribution in [2.75, 3.05) is 11.9 Å². The first-order valence-corrected chi connectivity index (χ1v) is 4.30. The van der Waals surface area contributed by atoms with Gasteiger partial charge in [-0.2, -0.15) is 0 Å².